The molecule has 0 aromatic heterocycles. The number of ether oxygens (including phenoxy) is 1. The summed E-state index contributed by atoms with van der Waals surface area (Å²) in [7, 11) is 0. The molecule has 3 rings (SSSR count). The highest BCUT2D eigenvalue weighted by Crippen LogP contribution is 2.38. The number of carbonyl (C=O) groups excluding carboxylic acids is 1. The summed E-state index contributed by atoms with van der Waals surface area (Å²) in [6.07, 6.45) is 1.52. The highest BCUT2D eigenvalue weighted by molar-refractivity contribution is 5.68. The van der Waals surface area contributed by atoms with E-state index < -0.39 is 6.09 Å². The molecule has 1 fully saturated rings. The number of primary amides is 1. The first-order chi connectivity index (χ1) is 9.20. The number of rotatable bonds is 1. The third-order valence-electron chi connectivity index (χ3n) is 4.21. The summed E-state index contributed by atoms with van der Waals surface area (Å²) in [5.74, 6) is 0.527. The van der Waals surface area contributed by atoms with E-state index in [1.807, 2.05) is 12.1 Å². The minimum atomic E-state index is -0.764. The van der Waals surface area contributed by atoms with Crippen molar-refractivity contribution in [2.24, 2.45) is 5.73 Å². The van der Waals surface area contributed by atoms with Crippen molar-refractivity contribution in [1.29, 1.82) is 0 Å². The number of amides is 1. The number of nitrogens with two attached hydrogens (primary N) is 1. The van der Waals surface area contributed by atoms with Gasteiger partial charge in [0.1, 0.15) is 5.75 Å². The van der Waals surface area contributed by atoms with Gasteiger partial charge in [-0.3, -0.25) is 0 Å². The van der Waals surface area contributed by atoms with E-state index in [4.69, 9.17) is 10.5 Å². The summed E-state index contributed by atoms with van der Waals surface area (Å²) in [6.45, 7) is 3.96. The Kier molecular flexibility index (Phi) is 3.16. The largest absolute Gasteiger partial charge is 0.410 e. The van der Waals surface area contributed by atoms with E-state index in [-0.39, 0.29) is 5.41 Å². The van der Waals surface area contributed by atoms with Gasteiger partial charge in [-0.15, -0.1) is 0 Å². The van der Waals surface area contributed by atoms with Crippen molar-refractivity contribution in [3.05, 3.63) is 29.3 Å². The van der Waals surface area contributed by atoms with Gasteiger partial charge in [-0.25, -0.2) is 4.79 Å². The highest BCUT2D eigenvalue weighted by atomic mass is 16.5. The van der Waals surface area contributed by atoms with Crippen LogP contribution < -0.4 is 21.1 Å². The molecule has 1 aromatic rings. The number of benzene rings is 1. The van der Waals surface area contributed by atoms with Gasteiger partial charge in [-0.1, -0.05) is 6.07 Å². The standard InChI is InChI=1S/C14H19N3O2/c15-13(18)19-11-1-2-12-10(7-11)8-17-9-14(12)3-5-16-6-4-14/h1-2,7,16-17H,3-6,8-9H2,(H2,15,18). The minimum Gasteiger partial charge on any atom is -0.410 e. The summed E-state index contributed by atoms with van der Waals surface area (Å²) in [4.78, 5) is 10.8. The number of carbonyl (C=O) groups is 1. The molecule has 1 aromatic carbocycles. The van der Waals surface area contributed by atoms with Crippen LogP contribution in [0.4, 0.5) is 4.79 Å². The van der Waals surface area contributed by atoms with Crippen molar-refractivity contribution < 1.29 is 9.53 Å². The molecule has 1 spiro atoms. The van der Waals surface area contributed by atoms with Crippen LogP contribution in [0.2, 0.25) is 0 Å². The topological polar surface area (TPSA) is 76.4 Å². The van der Waals surface area contributed by atoms with Gasteiger partial charge in [0.25, 0.3) is 0 Å². The molecule has 19 heavy (non-hydrogen) atoms. The summed E-state index contributed by atoms with van der Waals surface area (Å²) >= 11 is 0. The maximum atomic E-state index is 10.8. The molecule has 1 amide bonds. The zero-order valence-corrected chi connectivity index (χ0v) is 10.9. The second kappa shape index (κ2) is 4.83. The van der Waals surface area contributed by atoms with Crippen molar-refractivity contribution in [1.82, 2.24) is 10.6 Å². The quantitative estimate of drug-likeness (QED) is 0.701. The van der Waals surface area contributed by atoms with Crippen LogP contribution in [-0.2, 0) is 12.0 Å². The minimum absolute atomic E-state index is 0.226. The fourth-order valence-electron chi connectivity index (χ4n) is 3.30. The Hall–Kier alpha value is -1.59. The molecule has 1 saturated heterocycles. The molecule has 4 N–H and O–H groups in total. The van der Waals surface area contributed by atoms with E-state index in [2.05, 4.69) is 16.7 Å². The molecule has 0 radical (unpaired) electrons. The summed E-state index contributed by atoms with van der Waals surface area (Å²) in [5.41, 5.74) is 7.89. The molecule has 0 bridgehead atoms. The van der Waals surface area contributed by atoms with Gasteiger partial charge < -0.3 is 21.1 Å². The molecular weight excluding hydrogens is 242 g/mol. The lowest BCUT2D eigenvalue weighted by molar-refractivity contribution is 0.210. The Morgan fingerprint density at radius 3 is 2.79 bits per heavy atom. The van der Waals surface area contributed by atoms with Gasteiger partial charge in [0, 0.05) is 18.5 Å². The second-order valence-corrected chi connectivity index (χ2v) is 5.37. The van der Waals surface area contributed by atoms with Gasteiger partial charge in [0.15, 0.2) is 0 Å². The highest BCUT2D eigenvalue weighted by Gasteiger charge is 2.37. The molecule has 0 atom stereocenters. The van der Waals surface area contributed by atoms with Crippen molar-refractivity contribution in [3.63, 3.8) is 0 Å². The molecule has 102 valence electrons. The third kappa shape index (κ3) is 2.31. The normalized spacial score (nSPS) is 20.8. The summed E-state index contributed by atoms with van der Waals surface area (Å²) < 4.78 is 4.95. The van der Waals surface area contributed by atoms with E-state index in [1.165, 1.54) is 11.1 Å². The maximum Gasteiger partial charge on any atom is 0.409 e. The van der Waals surface area contributed by atoms with Crippen LogP contribution >= 0.6 is 0 Å². The Morgan fingerprint density at radius 1 is 1.26 bits per heavy atom. The third-order valence-corrected chi connectivity index (χ3v) is 4.21. The molecule has 5 nitrogen and oxygen atoms in total. The number of piperidine rings is 1. The van der Waals surface area contributed by atoms with Crippen LogP contribution in [0.25, 0.3) is 0 Å². The van der Waals surface area contributed by atoms with Gasteiger partial charge >= 0.3 is 6.09 Å². The molecule has 0 unspecified atom stereocenters. The molecule has 0 aliphatic carbocycles. The molecule has 2 heterocycles. The first-order valence-electron chi connectivity index (χ1n) is 6.72. The molecule has 5 heteroatoms. The average molecular weight is 261 g/mol. The van der Waals surface area contributed by atoms with E-state index in [9.17, 15) is 4.79 Å². The molecule has 2 aliphatic rings. The van der Waals surface area contributed by atoms with Crippen LogP contribution in [0.1, 0.15) is 24.0 Å². The van der Waals surface area contributed by atoms with E-state index in [1.54, 1.807) is 0 Å². The van der Waals surface area contributed by atoms with E-state index in [0.717, 1.165) is 39.0 Å². The monoisotopic (exact) mass is 261 g/mol. The first kappa shape index (κ1) is 12.4. The number of fused-ring (bicyclic) bond motifs is 2. The Morgan fingerprint density at radius 2 is 2.05 bits per heavy atom. The lowest BCUT2D eigenvalue weighted by Gasteiger charge is -2.42. The Labute approximate surface area is 112 Å². The van der Waals surface area contributed by atoms with Gasteiger partial charge in [-0.2, -0.15) is 0 Å². The fourth-order valence-corrected chi connectivity index (χ4v) is 3.30. The Balaban J connectivity index is 1.94. The van der Waals surface area contributed by atoms with Crippen LogP contribution in [-0.4, -0.2) is 25.7 Å². The molecular formula is C14H19N3O2. The van der Waals surface area contributed by atoms with E-state index in [0.29, 0.717) is 5.75 Å². The number of hydrogen-bond acceptors (Lipinski definition) is 4. The predicted octanol–water partition coefficient (Wildman–Crippen LogP) is 0.869. The van der Waals surface area contributed by atoms with Crippen molar-refractivity contribution in [3.8, 4) is 5.75 Å². The van der Waals surface area contributed by atoms with Crippen LogP contribution in [0.5, 0.6) is 5.75 Å². The van der Waals surface area contributed by atoms with Gasteiger partial charge in [-0.05, 0) is 49.2 Å². The lowest BCUT2D eigenvalue weighted by atomic mass is 9.70. The fraction of sp³-hybridized carbons (Fsp3) is 0.500. The van der Waals surface area contributed by atoms with Crippen LogP contribution in [0, 0.1) is 0 Å². The van der Waals surface area contributed by atoms with Gasteiger partial charge in [0.05, 0.1) is 0 Å². The van der Waals surface area contributed by atoms with Crippen LogP contribution in [0.3, 0.4) is 0 Å². The Bertz CT molecular complexity index is 495. The predicted molar refractivity (Wildman–Crippen MR) is 72.1 cm³/mol. The van der Waals surface area contributed by atoms with Crippen LogP contribution in [0.15, 0.2) is 18.2 Å². The summed E-state index contributed by atoms with van der Waals surface area (Å²) in [6, 6.07) is 5.87. The van der Waals surface area contributed by atoms with E-state index >= 15 is 0 Å². The smallest absolute Gasteiger partial charge is 0.409 e. The first-order valence-corrected chi connectivity index (χ1v) is 6.72. The number of hydrogen-bond donors (Lipinski definition) is 3. The lowest BCUT2D eigenvalue weighted by Crippen LogP contribution is -2.49. The van der Waals surface area contributed by atoms with Crippen molar-refractivity contribution >= 4 is 6.09 Å². The number of nitrogens with one attached hydrogen (secondary N) is 2. The van der Waals surface area contributed by atoms with Crippen molar-refractivity contribution in [2.45, 2.75) is 24.8 Å². The SMILES string of the molecule is NC(=O)Oc1ccc2c(c1)CNCC21CCNCC1. The zero-order chi connectivity index (χ0) is 13.3. The van der Waals surface area contributed by atoms with Crippen molar-refractivity contribution in [2.75, 3.05) is 19.6 Å². The summed E-state index contributed by atoms with van der Waals surface area (Å²) in [5, 5.41) is 6.89. The molecule has 0 saturated carbocycles. The van der Waals surface area contributed by atoms with Gasteiger partial charge in [0.2, 0.25) is 0 Å². The zero-order valence-electron chi connectivity index (χ0n) is 10.9. The maximum absolute atomic E-state index is 10.8. The molecule has 2 aliphatic heterocycles. The second-order valence-electron chi connectivity index (χ2n) is 5.37. The average Bonchev–Trinajstić information content (AvgIpc) is 2.39.